The lowest BCUT2D eigenvalue weighted by molar-refractivity contribution is -0.124. The van der Waals surface area contributed by atoms with Crippen molar-refractivity contribution >= 4 is 5.91 Å². The van der Waals surface area contributed by atoms with Gasteiger partial charge in [-0.1, -0.05) is 29.8 Å². The first-order valence-corrected chi connectivity index (χ1v) is 8.48. The predicted octanol–water partition coefficient (Wildman–Crippen LogP) is 1.70. The molecule has 0 atom stereocenters. The van der Waals surface area contributed by atoms with Gasteiger partial charge in [0.1, 0.15) is 0 Å². The highest BCUT2D eigenvalue weighted by molar-refractivity contribution is 5.78. The van der Waals surface area contributed by atoms with Gasteiger partial charge in [-0.2, -0.15) is 0 Å². The molecule has 1 aromatic carbocycles. The Kier molecular flexibility index (Phi) is 5.65. The number of likely N-dealkylation sites (tertiary alicyclic amines) is 1. The molecule has 2 aliphatic rings. The normalized spacial score (nSPS) is 20.7. The summed E-state index contributed by atoms with van der Waals surface area (Å²) in [6.45, 7) is 6.44. The van der Waals surface area contributed by atoms with Crippen LogP contribution in [0.2, 0.25) is 0 Å². The van der Waals surface area contributed by atoms with Crippen molar-refractivity contribution in [3.63, 3.8) is 0 Å². The van der Waals surface area contributed by atoms with E-state index in [9.17, 15) is 4.79 Å². The van der Waals surface area contributed by atoms with Gasteiger partial charge in [-0.3, -0.25) is 9.69 Å². The van der Waals surface area contributed by atoms with Gasteiger partial charge < -0.3 is 14.8 Å². The van der Waals surface area contributed by atoms with Crippen LogP contribution < -0.4 is 5.32 Å². The van der Waals surface area contributed by atoms with E-state index in [-0.39, 0.29) is 12.2 Å². The van der Waals surface area contributed by atoms with Crippen molar-refractivity contribution in [2.45, 2.75) is 32.6 Å². The molecule has 2 fully saturated rings. The molecule has 2 saturated heterocycles. The third-order valence-corrected chi connectivity index (χ3v) is 4.64. The van der Waals surface area contributed by atoms with Crippen LogP contribution in [-0.2, 0) is 20.8 Å². The minimum absolute atomic E-state index is 0.0208. The van der Waals surface area contributed by atoms with Crippen LogP contribution in [0.3, 0.4) is 0 Å². The maximum atomic E-state index is 12.1. The molecule has 3 rings (SSSR count). The Hall–Kier alpha value is -1.43. The number of carbonyl (C=O) groups excluding carboxylic acids is 1. The fourth-order valence-electron chi connectivity index (χ4n) is 3.20. The van der Waals surface area contributed by atoms with Crippen LogP contribution in [0.25, 0.3) is 0 Å². The second-order valence-electron chi connectivity index (χ2n) is 6.49. The molecule has 2 aliphatic heterocycles. The van der Waals surface area contributed by atoms with E-state index in [0.717, 1.165) is 31.5 Å². The molecule has 23 heavy (non-hydrogen) atoms. The van der Waals surface area contributed by atoms with Crippen LogP contribution in [0.5, 0.6) is 0 Å². The molecule has 0 saturated carbocycles. The fourth-order valence-corrected chi connectivity index (χ4v) is 3.20. The molecule has 0 unspecified atom stereocenters. The fraction of sp³-hybridized carbons (Fsp3) is 0.611. The van der Waals surface area contributed by atoms with Crippen LogP contribution in [0.4, 0.5) is 0 Å². The topological polar surface area (TPSA) is 50.8 Å². The van der Waals surface area contributed by atoms with Gasteiger partial charge in [-0.25, -0.2) is 0 Å². The molecular weight excluding hydrogens is 292 g/mol. The zero-order valence-corrected chi connectivity index (χ0v) is 13.8. The Balaban J connectivity index is 1.36. The third kappa shape index (κ3) is 4.77. The average Bonchev–Trinajstić information content (AvgIpc) is 3.09. The van der Waals surface area contributed by atoms with E-state index in [2.05, 4.69) is 41.4 Å². The van der Waals surface area contributed by atoms with Gasteiger partial charge in [0, 0.05) is 12.5 Å². The zero-order valence-electron chi connectivity index (χ0n) is 13.8. The van der Waals surface area contributed by atoms with Crippen molar-refractivity contribution < 1.29 is 14.3 Å². The Morgan fingerprint density at radius 3 is 2.48 bits per heavy atom. The number of nitrogens with one attached hydrogen (secondary N) is 1. The van der Waals surface area contributed by atoms with E-state index < -0.39 is 0 Å². The van der Waals surface area contributed by atoms with Gasteiger partial charge in [-0.15, -0.1) is 0 Å². The summed E-state index contributed by atoms with van der Waals surface area (Å²) in [5.74, 6) is 0.571. The summed E-state index contributed by atoms with van der Waals surface area (Å²) in [6.07, 6.45) is 2.05. The number of hydrogen-bond donors (Lipinski definition) is 1. The molecule has 1 aromatic rings. The van der Waals surface area contributed by atoms with Crippen molar-refractivity contribution in [3.8, 4) is 0 Å². The van der Waals surface area contributed by atoms with Gasteiger partial charge in [-0.05, 0) is 38.4 Å². The van der Waals surface area contributed by atoms with Gasteiger partial charge in [0.05, 0.1) is 19.8 Å². The summed E-state index contributed by atoms with van der Waals surface area (Å²) in [5.41, 5.74) is 2.37. The minimum Gasteiger partial charge on any atom is -0.351 e. The van der Waals surface area contributed by atoms with Crippen molar-refractivity contribution in [2.24, 2.45) is 5.92 Å². The Morgan fingerprint density at radius 1 is 1.17 bits per heavy atom. The Morgan fingerprint density at radius 2 is 1.83 bits per heavy atom. The van der Waals surface area contributed by atoms with Crippen LogP contribution in [-0.4, -0.2) is 49.9 Å². The largest absolute Gasteiger partial charge is 0.351 e. The van der Waals surface area contributed by atoms with Crippen LogP contribution in [0.1, 0.15) is 24.0 Å². The molecular formula is C18H26N2O3. The maximum Gasteiger partial charge on any atom is 0.234 e. The first-order valence-electron chi connectivity index (χ1n) is 8.48. The van der Waals surface area contributed by atoms with E-state index in [1.54, 1.807) is 0 Å². The van der Waals surface area contributed by atoms with Crippen LogP contribution >= 0.6 is 0 Å². The summed E-state index contributed by atoms with van der Waals surface area (Å²) in [4.78, 5) is 14.3. The Labute approximate surface area is 137 Å². The molecule has 2 heterocycles. The molecule has 0 radical (unpaired) electrons. The lowest BCUT2D eigenvalue weighted by atomic mass is 9.96. The summed E-state index contributed by atoms with van der Waals surface area (Å²) < 4.78 is 11.2. The number of piperidine rings is 1. The molecule has 5 nitrogen and oxygen atoms in total. The Bertz CT molecular complexity index is 504. The number of ether oxygens (including phenoxy) is 2. The number of nitrogens with zero attached hydrogens (tertiary/aromatic N) is 1. The van der Waals surface area contributed by atoms with Crippen molar-refractivity contribution in [1.82, 2.24) is 10.2 Å². The first kappa shape index (κ1) is 16.4. The predicted molar refractivity (Wildman–Crippen MR) is 87.9 cm³/mol. The van der Waals surface area contributed by atoms with E-state index in [4.69, 9.17) is 9.47 Å². The van der Waals surface area contributed by atoms with Gasteiger partial charge in [0.15, 0.2) is 6.29 Å². The lowest BCUT2D eigenvalue weighted by Gasteiger charge is -2.33. The van der Waals surface area contributed by atoms with Gasteiger partial charge >= 0.3 is 0 Å². The maximum absolute atomic E-state index is 12.1. The highest BCUT2D eigenvalue weighted by Gasteiger charge is 2.30. The molecule has 126 valence electrons. The number of carbonyl (C=O) groups is 1. The van der Waals surface area contributed by atoms with Crippen molar-refractivity contribution in [3.05, 3.63) is 35.4 Å². The first-order chi connectivity index (χ1) is 11.2. The van der Waals surface area contributed by atoms with E-state index in [1.807, 2.05) is 0 Å². The molecule has 0 aliphatic carbocycles. The SMILES string of the molecule is Cc1ccc(CNC(=O)CN2CCC(C3OCCO3)CC2)cc1. The van der Waals surface area contributed by atoms with E-state index in [0.29, 0.717) is 32.2 Å². The van der Waals surface area contributed by atoms with E-state index in [1.165, 1.54) is 5.56 Å². The summed E-state index contributed by atoms with van der Waals surface area (Å²) in [7, 11) is 0. The molecule has 0 spiro atoms. The average molecular weight is 318 g/mol. The quantitative estimate of drug-likeness (QED) is 0.898. The number of hydrogen-bond acceptors (Lipinski definition) is 4. The molecule has 1 amide bonds. The minimum atomic E-state index is -0.0208. The summed E-state index contributed by atoms with van der Waals surface area (Å²) >= 11 is 0. The highest BCUT2D eigenvalue weighted by Crippen LogP contribution is 2.25. The zero-order chi connectivity index (χ0) is 16.1. The van der Waals surface area contributed by atoms with E-state index >= 15 is 0 Å². The molecule has 5 heteroatoms. The second kappa shape index (κ2) is 7.90. The van der Waals surface area contributed by atoms with Crippen molar-refractivity contribution in [2.75, 3.05) is 32.8 Å². The standard InChI is InChI=1S/C18H26N2O3/c1-14-2-4-15(5-3-14)12-19-17(21)13-20-8-6-16(7-9-20)18-22-10-11-23-18/h2-5,16,18H,6-13H2,1H3,(H,19,21). The lowest BCUT2D eigenvalue weighted by Crippen LogP contribution is -2.43. The van der Waals surface area contributed by atoms with Crippen molar-refractivity contribution in [1.29, 1.82) is 0 Å². The highest BCUT2D eigenvalue weighted by atomic mass is 16.7. The molecule has 1 N–H and O–H groups in total. The van der Waals surface area contributed by atoms with Crippen LogP contribution in [0, 0.1) is 12.8 Å². The number of rotatable bonds is 5. The van der Waals surface area contributed by atoms with Crippen LogP contribution in [0.15, 0.2) is 24.3 Å². The molecule has 0 bridgehead atoms. The second-order valence-corrected chi connectivity index (χ2v) is 6.49. The number of amides is 1. The number of benzene rings is 1. The monoisotopic (exact) mass is 318 g/mol. The van der Waals surface area contributed by atoms with Gasteiger partial charge in [0.2, 0.25) is 5.91 Å². The summed E-state index contributed by atoms with van der Waals surface area (Å²) in [5, 5.41) is 3.00. The summed E-state index contributed by atoms with van der Waals surface area (Å²) in [6, 6.07) is 8.25. The number of aryl methyl sites for hydroxylation is 1. The third-order valence-electron chi connectivity index (χ3n) is 4.64. The smallest absolute Gasteiger partial charge is 0.234 e. The van der Waals surface area contributed by atoms with Gasteiger partial charge in [0.25, 0.3) is 0 Å². The molecule has 0 aromatic heterocycles.